The van der Waals surface area contributed by atoms with Gasteiger partial charge in [0.25, 0.3) is 5.69 Å². The Morgan fingerprint density at radius 3 is 2.79 bits per heavy atom. The van der Waals surface area contributed by atoms with Crippen LogP contribution in [0.4, 0.5) is 11.4 Å². The first-order chi connectivity index (χ1) is 9.06. The molecule has 1 N–H and O–H groups in total. The summed E-state index contributed by atoms with van der Waals surface area (Å²) < 4.78 is 0. The lowest BCUT2D eigenvalue weighted by Crippen LogP contribution is -2.05. The smallest absolute Gasteiger partial charge is 0.272 e. The highest BCUT2D eigenvalue weighted by Crippen LogP contribution is 2.21. The largest absolute Gasteiger partial charge is 0.385 e. The summed E-state index contributed by atoms with van der Waals surface area (Å²) in [6, 6.07) is 5.06. The van der Waals surface area contributed by atoms with Crippen molar-refractivity contribution in [1.29, 1.82) is 0 Å². The highest BCUT2D eigenvalue weighted by Gasteiger charge is 2.09. The number of aryl methyl sites for hydroxylation is 2. The average Bonchev–Trinajstić information content (AvgIpc) is 2.75. The van der Waals surface area contributed by atoms with Gasteiger partial charge in [-0.05, 0) is 26.0 Å². The number of hydrogen-bond donors (Lipinski definition) is 1. The number of anilines is 1. The number of rotatable bonds is 5. The molecule has 19 heavy (non-hydrogen) atoms. The van der Waals surface area contributed by atoms with Crippen molar-refractivity contribution in [3.63, 3.8) is 0 Å². The van der Waals surface area contributed by atoms with E-state index in [1.165, 1.54) is 6.07 Å². The molecule has 0 radical (unpaired) electrons. The highest BCUT2D eigenvalue weighted by molar-refractivity contribution is 7.09. The molecule has 2 rings (SSSR count). The molecular formula is C13H15N3O2S. The molecule has 5 nitrogen and oxygen atoms in total. The second-order valence-electron chi connectivity index (χ2n) is 4.32. The minimum absolute atomic E-state index is 0.154. The van der Waals surface area contributed by atoms with Crippen LogP contribution in [0.3, 0.4) is 0 Å². The summed E-state index contributed by atoms with van der Waals surface area (Å²) in [6.45, 7) is 4.49. The predicted octanol–water partition coefficient (Wildman–Crippen LogP) is 3.32. The van der Waals surface area contributed by atoms with Crippen molar-refractivity contribution in [3.8, 4) is 0 Å². The third kappa shape index (κ3) is 3.51. The van der Waals surface area contributed by atoms with Crippen LogP contribution in [-0.4, -0.2) is 16.5 Å². The van der Waals surface area contributed by atoms with E-state index >= 15 is 0 Å². The van der Waals surface area contributed by atoms with Gasteiger partial charge in [-0.15, -0.1) is 11.3 Å². The third-order valence-electron chi connectivity index (χ3n) is 2.73. The number of benzene rings is 1. The molecule has 0 saturated carbocycles. The molecule has 100 valence electrons. The van der Waals surface area contributed by atoms with Crippen LogP contribution in [-0.2, 0) is 6.42 Å². The zero-order chi connectivity index (χ0) is 13.8. The molecule has 0 atom stereocenters. The summed E-state index contributed by atoms with van der Waals surface area (Å²) in [5.74, 6) is 0. The maximum atomic E-state index is 10.7. The maximum Gasteiger partial charge on any atom is 0.272 e. The van der Waals surface area contributed by atoms with Crippen LogP contribution in [0.1, 0.15) is 16.3 Å². The molecule has 1 heterocycles. The van der Waals surface area contributed by atoms with E-state index in [1.807, 2.05) is 12.3 Å². The Kier molecular flexibility index (Phi) is 4.11. The molecule has 0 bridgehead atoms. The van der Waals surface area contributed by atoms with Crippen molar-refractivity contribution in [2.45, 2.75) is 20.3 Å². The number of nitrogens with one attached hydrogen (secondary N) is 1. The van der Waals surface area contributed by atoms with Crippen molar-refractivity contribution >= 4 is 22.7 Å². The quantitative estimate of drug-likeness (QED) is 0.672. The van der Waals surface area contributed by atoms with Gasteiger partial charge in [0.2, 0.25) is 0 Å². The van der Waals surface area contributed by atoms with Gasteiger partial charge in [-0.2, -0.15) is 0 Å². The maximum absolute atomic E-state index is 10.7. The molecule has 0 amide bonds. The fourth-order valence-electron chi connectivity index (χ4n) is 1.80. The van der Waals surface area contributed by atoms with Gasteiger partial charge >= 0.3 is 0 Å². The van der Waals surface area contributed by atoms with Gasteiger partial charge in [0.05, 0.1) is 9.93 Å². The summed E-state index contributed by atoms with van der Waals surface area (Å²) in [7, 11) is 0. The molecule has 0 fully saturated rings. The molecule has 1 aromatic heterocycles. The third-order valence-corrected chi connectivity index (χ3v) is 3.75. The predicted molar refractivity (Wildman–Crippen MR) is 76.9 cm³/mol. The number of aromatic nitrogens is 1. The summed E-state index contributed by atoms with van der Waals surface area (Å²) >= 11 is 1.65. The second-order valence-corrected chi connectivity index (χ2v) is 5.26. The second kappa shape index (κ2) is 5.79. The Morgan fingerprint density at radius 1 is 1.42 bits per heavy atom. The molecule has 0 saturated heterocycles. The zero-order valence-corrected chi connectivity index (χ0v) is 11.7. The van der Waals surface area contributed by atoms with Crippen LogP contribution in [0, 0.1) is 24.0 Å². The summed E-state index contributed by atoms with van der Waals surface area (Å²) in [4.78, 5) is 14.7. The van der Waals surface area contributed by atoms with Crippen molar-refractivity contribution in [1.82, 2.24) is 4.98 Å². The van der Waals surface area contributed by atoms with E-state index in [0.717, 1.165) is 29.4 Å². The first-order valence-corrected chi connectivity index (χ1v) is 6.84. The fourth-order valence-corrected chi connectivity index (χ4v) is 2.58. The number of thiazole rings is 1. The molecule has 6 heteroatoms. The normalized spacial score (nSPS) is 10.4. The SMILES string of the molecule is Cc1csc(CCNc2ccc([N+](=O)[O-])c(C)c2)n1. The van der Waals surface area contributed by atoms with Crippen LogP contribution in [0.2, 0.25) is 0 Å². The summed E-state index contributed by atoms with van der Waals surface area (Å²) in [5.41, 5.74) is 2.77. The van der Waals surface area contributed by atoms with E-state index in [-0.39, 0.29) is 10.6 Å². The van der Waals surface area contributed by atoms with Crippen molar-refractivity contribution in [3.05, 3.63) is 50.0 Å². The summed E-state index contributed by atoms with van der Waals surface area (Å²) in [6.07, 6.45) is 0.856. The van der Waals surface area contributed by atoms with Gasteiger partial charge in [-0.25, -0.2) is 4.98 Å². The van der Waals surface area contributed by atoms with Gasteiger partial charge < -0.3 is 5.32 Å². The van der Waals surface area contributed by atoms with E-state index in [4.69, 9.17) is 0 Å². The Balaban J connectivity index is 1.93. The van der Waals surface area contributed by atoms with Crippen LogP contribution < -0.4 is 5.32 Å². The standard InChI is InChI=1S/C13H15N3O2S/c1-9-7-11(3-4-12(9)16(17)18)14-6-5-13-15-10(2)8-19-13/h3-4,7-8,14H,5-6H2,1-2H3. The van der Waals surface area contributed by atoms with Crippen LogP contribution in [0.5, 0.6) is 0 Å². The molecule has 1 aromatic carbocycles. The van der Waals surface area contributed by atoms with Gasteiger partial charge in [-0.3, -0.25) is 10.1 Å². The van der Waals surface area contributed by atoms with Crippen molar-refractivity contribution in [2.24, 2.45) is 0 Å². The van der Waals surface area contributed by atoms with Gasteiger partial charge in [0.1, 0.15) is 0 Å². The minimum Gasteiger partial charge on any atom is -0.385 e. The number of hydrogen-bond acceptors (Lipinski definition) is 5. The monoisotopic (exact) mass is 277 g/mol. The Bertz CT molecular complexity index is 595. The Hall–Kier alpha value is -1.95. The van der Waals surface area contributed by atoms with E-state index in [2.05, 4.69) is 10.3 Å². The fraction of sp³-hybridized carbons (Fsp3) is 0.308. The molecule has 0 unspecified atom stereocenters. The van der Waals surface area contributed by atoms with Crippen LogP contribution in [0.25, 0.3) is 0 Å². The number of nitro benzene ring substituents is 1. The van der Waals surface area contributed by atoms with E-state index in [9.17, 15) is 10.1 Å². The molecular weight excluding hydrogens is 262 g/mol. The van der Waals surface area contributed by atoms with Crippen LogP contribution >= 0.6 is 11.3 Å². The Morgan fingerprint density at radius 2 is 2.21 bits per heavy atom. The molecule has 0 spiro atoms. The zero-order valence-electron chi connectivity index (χ0n) is 10.8. The van der Waals surface area contributed by atoms with Crippen molar-refractivity contribution in [2.75, 3.05) is 11.9 Å². The molecule has 0 aliphatic carbocycles. The van der Waals surface area contributed by atoms with Gasteiger partial charge in [0, 0.05) is 41.4 Å². The number of nitrogens with zero attached hydrogens (tertiary/aromatic N) is 2. The Labute approximate surface area is 115 Å². The van der Waals surface area contributed by atoms with E-state index in [1.54, 1.807) is 30.4 Å². The van der Waals surface area contributed by atoms with Crippen molar-refractivity contribution < 1.29 is 4.92 Å². The van der Waals surface area contributed by atoms with Gasteiger partial charge in [-0.1, -0.05) is 0 Å². The van der Waals surface area contributed by atoms with E-state index < -0.39 is 0 Å². The minimum atomic E-state index is -0.364. The lowest BCUT2D eigenvalue weighted by atomic mass is 10.2. The molecule has 0 aliphatic rings. The lowest BCUT2D eigenvalue weighted by Gasteiger charge is -2.06. The molecule has 2 aromatic rings. The van der Waals surface area contributed by atoms with E-state index in [0.29, 0.717) is 5.56 Å². The number of nitro groups is 1. The van der Waals surface area contributed by atoms with Gasteiger partial charge in [0.15, 0.2) is 0 Å². The first-order valence-electron chi connectivity index (χ1n) is 5.96. The molecule has 0 aliphatic heterocycles. The first kappa shape index (κ1) is 13.5. The van der Waals surface area contributed by atoms with Crippen LogP contribution in [0.15, 0.2) is 23.6 Å². The summed E-state index contributed by atoms with van der Waals surface area (Å²) in [5, 5.41) is 17.1. The highest BCUT2D eigenvalue weighted by atomic mass is 32.1. The average molecular weight is 277 g/mol. The topological polar surface area (TPSA) is 68.1 Å². The lowest BCUT2D eigenvalue weighted by molar-refractivity contribution is -0.385.